The highest BCUT2D eigenvalue weighted by Gasteiger charge is 2.38. The molecule has 1 aromatic carbocycles. The standard InChI is InChI=1S/C19H23F2N3O3S2/c1-2-3-9-29(26,27)24-8-4-5-17(24)18(25)23-19-22-12-14(28-19)10-13-6-7-15(20)16(21)11-13/h6-7,11-12,17H,2-5,8-10H2,1H3,(H,22,23,25). The number of nitrogens with one attached hydrogen (secondary N) is 1. The lowest BCUT2D eigenvalue weighted by molar-refractivity contribution is -0.119. The molecule has 2 aromatic rings. The van der Waals surface area contributed by atoms with Crippen LogP contribution in [-0.2, 0) is 21.2 Å². The highest BCUT2D eigenvalue weighted by Crippen LogP contribution is 2.26. The molecule has 1 unspecified atom stereocenters. The summed E-state index contributed by atoms with van der Waals surface area (Å²) in [6, 6.07) is 2.97. The fourth-order valence-electron chi connectivity index (χ4n) is 3.27. The number of amides is 1. The highest BCUT2D eigenvalue weighted by atomic mass is 32.2. The van der Waals surface area contributed by atoms with Crippen molar-refractivity contribution in [1.29, 1.82) is 0 Å². The van der Waals surface area contributed by atoms with Gasteiger partial charge in [0.05, 0.1) is 5.75 Å². The van der Waals surface area contributed by atoms with Gasteiger partial charge in [-0.05, 0) is 37.0 Å². The SMILES string of the molecule is CCCCS(=O)(=O)N1CCCC1C(=O)Nc1ncc(Cc2ccc(F)c(F)c2)s1. The summed E-state index contributed by atoms with van der Waals surface area (Å²) in [7, 11) is -3.46. The molecule has 1 aliphatic rings. The number of hydrogen-bond donors (Lipinski definition) is 1. The predicted octanol–water partition coefficient (Wildman–Crippen LogP) is 3.54. The number of aromatic nitrogens is 1. The molecule has 158 valence electrons. The molecular formula is C19H23F2N3O3S2. The highest BCUT2D eigenvalue weighted by molar-refractivity contribution is 7.89. The topological polar surface area (TPSA) is 79.4 Å². The number of halogens is 2. The van der Waals surface area contributed by atoms with E-state index < -0.39 is 33.6 Å². The maximum Gasteiger partial charge on any atom is 0.244 e. The minimum atomic E-state index is -3.46. The Balaban J connectivity index is 1.64. The second-order valence-corrected chi connectivity index (χ2v) is 10.1. The first-order chi connectivity index (χ1) is 13.8. The third kappa shape index (κ3) is 5.37. The van der Waals surface area contributed by atoms with Gasteiger partial charge in [-0.3, -0.25) is 4.79 Å². The molecule has 1 amide bonds. The minimum Gasteiger partial charge on any atom is -0.301 e. The van der Waals surface area contributed by atoms with Crippen molar-refractivity contribution in [3.63, 3.8) is 0 Å². The van der Waals surface area contributed by atoms with Crippen molar-refractivity contribution in [3.05, 3.63) is 46.5 Å². The molecule has 1 atom stereocenters. The molecule has 2 heterocycles. The number of carbonyl (C=O) groups is 1. The summed E-state index contributed by atoms with van der Waals surface area (Å²) >= 11 is 1.22. The lowest BCUT2D eigenvalue weighted by atomic mass is 10.1. The maximum atomic E-state index is 13.3. The normalized spacial score (nSPS) is 17.6. The van der Waals surface area contributed by atoms with Crippen LogP contribution in [0.5, 0.6) is 0 Å². The number of nitrogens with zero attached hydrogens (tertiary/aromatic N) is 2. The summed E-state index contributed by atoms with van der Waals surface area (Å²) in [5.74, 6) is -2.16. The summed E-state index contributed by atoms with van der Waals surface area (Å²) in [6.07, 6.45) is 4.36. The number of carbonyl (C=O) groups excluding carboxylic acids is 1. The van der Waals surface area contributed by atoms with Gasteiger partial charge in [0, 0.05) is 24.0 Å². The average Bonchev–Trinajstić information content (AvgIpc) is 3.33. The summed E-state index contributed by atoms with van der Waals surface area (Å²) in [5.41, 5.74) is 0.592. The Morgan fingerprint density at radius 1 is 1.34 bits per heavy atom. The van der Waals surface area contributed by atoms with Gasteiger partial charge in [0.15, 0.2) is 16.8 Å². The molecular weight excluding hydrogens is 420 g/mol. The first-order valence-electron chi connectivity index (χ1n) is 9.49. The van der Waals surface area contributed by atoms with E-state index in [1.807, 2.05) is 6.92 Å². The number of sulfonamides is 1. The summed E-state index contributed by atoms with van der Waals surface area (Å²) in [6.45, 7) is 2.27. The minimum absolute atomic E-state index is 0.0446. The average molecular weight is 444 g/mol. The van der Waals surface area contributed by atoms with Gasteiger partial charge in [0.2, 0.25) is 15.9 Å². The lowest BCUT2D eigenvalue weighted by Gasteiger charge is -2.22. The van der Waals surface area contributed by atoms with Crippen molar-refractivity contribution < 1.29 is 22.0 Å². The van der Waals surface area contributed by atoms with Crippen molar-refractivity contribution in [2.24, 2.45) is 0 Å². The van der Waals surface area contributed by atoms with E-state index in [-0.39, 0.29) is 5.75 Å². The molecule has 0 radical (unpaired) electrons. The number of thiazole rings is 1. The van der Waals surface area contributed by atoms with Gasteiger partial charge in [-0.25, -0.2) is 22.2 Å². The van der Waals surface area contributed by atoms with Crippen molar-refractivity contribution >= 4 is 32.4 Å². The van der Waals surface area contributed by atoms with E-state index in [1.54, 1.807) is 6.20 Å². The molecule has 29 heavy (non-hydrogen) atoms. The van der Waals surface area contributed by atoms with Gasteiger partial charge in [0.1, 0.15) is 6.04 Å². The van der Waals surface area contributed by atoms with Crippen LogP contribution >= 0.6 is 11.3 Å². The number of rotatable bonds is 8. The molecule has 0 saturated carbocycles. The Bertz CT molecular complexity index is 979. The Hall–Kier alpha value is -1.91. The van der Waals surface area contributed by atoms with Crippen LogP contribution in [0.2, 0.25) is 0 Å². The van der Waals surface area contributed by atoms with Gasteiger partial charge in [-0.15, -0.1) is 11.3 Å². The zero-order valence-electron chi connectivity index (χ0n) is 16.0. The molecule has 6 nitrogen and oxygen atoms in total. The summed E-state index contributed by atoms with van der Waals surface area (Å²) in [4.78, 5) is 17.6. The van der Waals surface area contributed by atoms with Gasteiger partial charge in [-0.2, -0.15) is 4.31 Å². The van der Waals surface area contributed by atoms with Crippen molar-refractivity contribution in [2.45, 2.75) is 45.1 Å². The molecule has 10 heteroatoms. The Kier molecular flexibility index (Phi) is 6.97. The fourth-order valence-corrected chi connectivity index (χ4v) is 6.00. The summed E-state index contributed by atoms with van der Waals surface area (Å²) < 4.78 is 52.7. The van der Waals surface area contributed by atoms with E-state index in [0.717, 1.165) is 23.4 Å². The van der Waals surface area contributed by atoms with E-state index in [1.165, 1.54) is 21.7 Å². The van der Waals surface area contributed by atoms with Crippen LogP contribution in [0.25, 0.3) is 0 Å². The van der Waals surface area contributed by atoms with Crippen molar-refractivity contribution in [1.82, 2.24) is 9.29 Å². The van der Waals surface area contributed by atoms with Crippen LogP contribution in [-0.4, -0.2) is 42.0 Å². The molecule has 1 aromatic heterocycles. The third-order valence-corrected chi connectivity index (χ3v) is 7.63. The number of benzene rings is 1. The van der Waals surface area contributed by atoms with Crippen LogP contribution < -0.4 is 5.32 Å². The smallest absolute Gasteiger partial charge is 0.244 e. The quantitative estimate of drug-likeness (QED) is 0.677. The van der Waals surface area contributed by atoms with Gasteiger partial charge < -0.3 is 5.32 Å². The zero-order chi connectivity index (χ0) is 21.0. The molecule has 1 N–H and O–H groups in total. The van der Waals surface area contributed by atoms with Crippen LogP contribution in [0.4, 0.5) is 13.9 Å². The fraction of sp³-hybridized carbons (Fsp3) is 0.474. The third-order valence-electron chi connectivity index (χ3n) is 4.77. The molecule has 3 rings (SSSR count). The summed E-state index contributed by atoms with van der Waals surface area (Å²) in [5, 5.41) is 3.05. The molecule has 1 saturated heterocycles. The largest absolute Gasteiger partial charge is 0.301 e. The number of unbranched alkanes of at least 4 members (excludes halogenated alkanes) is 1. The van der Waals surface area contributed by atoms with E-state index in [0.29, 0.717) is 42.9 Å². The Morgan fingerprint density at radius 3 is 2.86 bits per heavy atom. The number of hydrogen-bond acceptors (Lipinski definition) is 5. The lowest BCUT2D eigenvalue weighted by Crippen LogP contribution is -2.44. The first-order valence-corrected chi connectivity index (χ1v) is 11.9. The van der Waals surface area contributed by atoms with Crippen LogP contribution in [0.15, 0.2) is 24.4 Å². The van der Waals surface area contributed by atoms with Crippen LogP contribution in [0.3, 0.4) is 0 Å². The molecule has 0 bridgehead atoms. The van der Waals surface area contributed by atoms with E-state index >= 15 is 0 Å². The van der Waals surface area contributed by atoms with Crippen molar-refractivity contribution in [3.8, 4) is 0 Å². The van der Waals surface area contributed by atoms with Gasteiger partial charge >= 0.3 is 0 Å². The zero-order valence-corrected chi connectivity index (χ0v) is 17.7. The van der Waals surface area contributed by atoms with Gasteiger partial charge in [-0.1, -0.05) is 19.4 Å². The van der Waals surface area contributed by atoms with E-state index in [4.69, 9.17) is 0 Å². The molecule has 0 spiro atoms. The van der Waals surface area contributed by atoms with Crippen molar-refractivity contribution in [2.75, 3.05) is 17.6 Å². The van der Waals surface area contributed by atoms with Crippen LogP contribution in [0.1, 0.15) is 43.0 Å². The van der Waals surface area contributed by atoms with E-state index in [2.05, 4.69) is 10.3 Å². The second-order valence-electron chi connectivity index (χ2n) is 6.98. The van der Waals surface area contributed by atoms with Gasteiger partial charge in [0.25, 0.3) is 0 Å². The molecule has 0 aliphatic carbocycles. The Morgan fingerprint density at radius 2 is 2.14 bits per heavy atom. The first kappa shape index (κ1) is 21.8. The predicted molar refractivity (Wildman–Crippen MR) is 108 cm³/mol. The number of anilines is 1. The second kappa shape index (κ2) is 9.27. The Labute approximate surface area is 173 Å². The van der Waals surface area contributed by atoms with Crippen LogP contribution in [0, 0.1) is 11.6 Å². The van der Waals surface area contributed by atoms with E-state index in [9.17, 15) is 22.0 Å². The molecule has 1 fully saturated rings. The maximum absolute atomic E-state index is 13.3. The molecule has 1 aliphatic heterocycles. The monoisotopic (exact) mass is 443 g/mol.